The lowest BCUT2D eigenvalue weighted by molar-refractivity contribution is -0.145. The number of hydrogen-bond acceptors (Lipinski definition) is 4. The minimum absolute atomic E-state index is 0.0900. The van der Waals surface area contributed by atoms with E-state index in [4.69, 9.17) is 4.74 Å². The molecule has 0 unspecified atom stereocenters. The summed E-state index contributed by atoms with van der Waals surface area (Å²) in [5, 5.41) is 9.45. The Kier molecular flexibility index (Phi) is 6.10. The average Bonchev–Trinajstić information content (AvgIpc) is 2.89. The fourth-order valence-electron chi connectivity index (χ4n) is 2.41. The molecule has 0 saturated heterocycles. The Morgan fingerprint density at radius 3 is 2.56 bits per heavy atom. The van der Waals surface area contributed by atoms with Gasteiger partial charge < -0.3 is 10.1 Å². The predicted octanol–water partition coefficient (Wildman–Crippen LogP) is 2.02. The number of hydrogen-bond donors (Lipinski definition) is 2. The first-order valence-electron chi connectivity index (χ1n) is 7.77. The number of esters is 1. The molecule has 0 spiro atoms. The molecule has 25 heavy (non-hydrogen) atoms. The summed E-state index contributed by atoms with van der Waals surface area (Å²) in [6, 6.07) is 7.14. The predicted molar refractivity (Wildman–Crippen MR) is 90.6 cm³/mol. The van der Waals surface area contributed by atoms with E-state index in [1.807, 2.05) is 6.92 Å². The second kappa shape index (κ2) is 8.27. The number of methoxy groups -OCH3 is 1. The van der Waals surface area contributed by atoms with Crippen molar-refractivity contribution in [3.8, 4) is 0 Å². The van der Waals surface area contributed by atoms with E-state index in [1.54, 1.807) is 29.9 Å². The number of ether oxygens (including phenoxy) is 1. The molecule has 7 nitrogen and oxygen atoms in total. The molecular formula is C17H21FN4O3. The minimum atomic E-state index is -0.575. The van der Waals surface area contributed by atoms with Crippen LogP contribution in [0.2, 0.25) is 0 Å². The zero-order valence-electron chi connectivity index (χ0n) is 14.4. The van der Waals surface area contributed by atoms with Crippen molar-refractivity contribution in [3.63, 3.8) is 0 Å². The molecule has 2 rings (SSSR count). The molecule has 134 valence electrons. The molecule has 1 aromatic carbocycles. The standard InChI is InChI=1S/C17H21FN4O3/c1-11-8-15(22(2)21-11)20-17(24)19-10-13(16(23)25-3)9-12-4-6-14(18)7-5-12/h4-8,13H,9-10H2,1-3H3,(H2,19,20,24)/t13-/m1/s1. The lowest BCUT2D eigenvalue weighted by Crippen LogP contribution is -2.37. The highest BCUT2D eigenvalue weighted by molar-refractivity contribution is 5.88. The van der Waals surface area contributed by atoms with Crippen molar-refractivity contribution >= 4 is 17.8 Å². The highest BCUT2D eigenvalue weighted by Gasteiger charge is 2.21. The van der Waals surface area contributed by atoms with E-state index < -0.39 is 17.9 Å². The van der Waals surface area contributed by atoms with Crippen LogP contribution in [-0.2, 0) is 23.0 Å². The smallest absolute Gasteiger partial charge is 0.320 e. The van der Waals surface area contributed by atoms with Gasteiger partial charge in [-0.05, 0) is 31.0 Å². The third kappa shape index (κ3) is 5.30. The summed E-state index contributed by atoms with van der Waals surface area (Å²) in [5.41, 5.74) is 1.56. The molecule has 0 aliphatic rings. The molecule has 0 aliphatic carbocycles. The maximum Gasteiger partial charge on any atom is 0.320 e. The fourth-order valence-corrected chi connectivity index (χ4v) is 2.41. The van der Waals surface area contributed by atoms with Gasteiger partial charge in [0.15, 0.2) is 0 Å². The summed E-state index contributed by atoms with van der Waals surface area (Å²) >= 11 is 0. The van der Waals surface area contributed by atoms with E-state index in [0.29, 0.717) is 12.2 Å². The quantitative estimate of drug-likeness (QED) is 0.782. The summed E-state index contributed by atoms with van der Waals surface area (Å²) in [6.45, 7) is 1.91. The number of nitrogens with zero attached hydrogens (tertiary/aromatic N) is 2. The Morgan fingerprint density at radius 1 is 1.32 bits per heavy atom. The van der Waals surface area contributed by atoms with Crippen LogP contribution in [0.5, 0.6) is 0 Å². The average molecular weight is 348 g/mol. The van der Waals surface area contributed by atoms with E-state index in [1.165, 1.54) is 19.2 Å². The molecule has 0 saturated carbocycles. The van der Waals surface area contributed by atoms with Gasteiger partial charge in [-0.3, -0.25) is 14.8 Å². The summed E-state index contributed by atoms with van der Waals surface area (Å²) in [7, 11) is 3.01. The van der Waals surface area contributed by atoms with Gasteiger partial charge in [0, 0.05) is 19.7 Å². The number of urea groups is 1. The number of halogens is 1. The number of benzene rings is 1. The Labute approximate surface area is 145 Å². The maximum atomic E-state index is 13.0. The van der Waals surface area contributed by atoms with E-state index in [2.05, 4.69) is 15.7 Å². The Morgan fingerprint density at radius 2 is 2.00 bits per heavy atom. The van der Waals surface area contributed by atoms with Crippen LogP contribution in [-0.4, -0.2) is 35.4 Å². The number of aromatic nitrogens is 2. The number of carbonyl (C=O) groups is 2. The molecular weight excluding hydrogens is 327 g/mol. The molecule has 0 fully saturated rings. The Hall–Kier alpha value is -2.90. The van der Waals surface area contributed by atoms with Crippen LogP contribution < -0.4 is 10.6 Å². The fraction of sp³-hybridized carbons (Fsp3) is 0.353. The van der Waals surface area contributed by atoms with E-state index in [9.17, 15) is 14.0 Å². The number of rotatable bonds is 6. The summed E-state index contributed by atoms with van der Waals surface area (Å²) in [5.74, 6) is -0.819. The van der Waals surface area contributed by atoms with E-state index >= 15 is 0 Å². The third-order valence-corrected chi connectivity index (χ3v) is 3.68. The highest BCUT2D eigenvalue weighted by Crippen LogP contribution is 2.12. The van der Waals surface area contributed by atoms with E-state index in [-0.39, 0.29) is 12.4 Å². The van der Waals surface area contributed by atoms with Crippen molar-refractivity contribution in [2.45, 2.75) is 13.3 Å². The molecule has 2 N–H and O–H groups in total. The van der Waals surface area contributed by atoms with Crippen molar-refractivity contribution in [1.82, 2.24) is 15.1 Å². The molecule has 1 aromatic heterocycles. The zero-order valence-corrected chi connectivity index (χ0v) is 14.4. The second-order valence-electron chi connectivity index (χ2n) is 5.68. The number of amides is 2. The number of carbonyl (C=O) groups excluding carboxylic acids is 2. The molecule has 1 atom stereocenters. The summed E-state index contributed by atoms with van der Waals surface area (Å²) in [4.78, 5) is 24.0. The lowest BCUT2D eigenvalue weighted by atomic mass is 9.99. The number of nitrogens with one attached hydrogen (secondary N) is 2. The summed E-state index contributed by atoms with van der Waals surface area (Å²) < 4.78 is 19.3. The number of anilines is 1. The SMILES string of the molecule is COC(=O)[C@@H](CNC(=O)Nc1cc(C)nn1C)Cc1ccc(F)cc1. The first-order chi connectivity index (χ1) is 11.9. The van der Waals surface area contributed by atoms with Crippen LogP contribution in [0.3, 0.4) is 0 Å². The van der Waals surface area contributed by atoms with Crippen molar-refractivity contribution in [2.75, 3.05) is 19.0 Å². The highest BCUT2D eigenvalue weighted by atomic mass is 19.1. The van der Waals surface area contributed by atoms with Crippen LogP contribution in [0.25, 0.3) is 0 Å². The first kappa shape index (κ1) is 18.4. The van der Waals surface area contributed by atoms with Crippen LogP contribution in [0, 0.1) is 18.7 Å². The molecule has 0 radical (unpaired) electrons. The Balaban J connectivity index is 1.95. The van der Waals surface area contributed by atoms with Crippen molar-refractivity contribution in [1.29, 1.82) is 0 Å². The maximum absolute atomic E-state index is 13.0. The lowest BCUT2D eigenvalue weighted by Gasteiger charge is -2.16. The molecule has 8 heteroatoms. The van der Waals surface area contributed by atoms with Gasteiger partial charge in [0.05, 0.1) is 18.7 Å². The van der Waals surface area contributed by atoms with Crippen LogP contribution >= 0.6 is 0 Å². The van der Waals surface area contributed by atoms with Crippen molar-refractivity contribution in [3.05, 3.63) is 47.4 Å². The van der Waals surface area contributed by atoms with Crippen molar-refractivity contribution in [2.24, 2.45) is 13.0 Å². The van der Waals surface area contributed by atoms with Gasteiger partial charge in [0.2, 0.25) is 0 Å². The van der Waals surface area contributed by atoms with Crippen LogP contribution in [0.1, 0.15) is 11.3 Å². The first-order valence-corrected chi connectivity index (χ1v) is 7.77. The molecule has 0 bridgehead atoms. The topological polar surface area (TPSA) is 85.2 Å². The van der Waals surface area contributed by atoms with Gasteiger partial charge in [-0.15, -0.1) is 0 Å². The zero-order chi connectivity index (χ0) is 18.4. The molecule has 1 heterocycles. The van der Waals surface area contributed by atoms with Gasteiger partial charge in [-0.2, -0.15) is 5.10 Å². The normalized spacial score (nSPS) is 11.7. The second-order valence-corrected chi connectivity index (χ2v) is 5.68. The monoisotopic (exact) mass is 348 g/mol. The molecule has 2 aromatic rings. The van der Waals surface area contributed by atoms with E-state index in [0.717, 1.165) is 11.3 Å². The third-order valence-electron chi connectivity index (χ3n) is 3.68. The van der Waals surface area contributed by atoms with Crippen LogP contribution in [0.15, 0.2) is 30.3 Å². The Bertz CT molecular complexity index is 743. The molecule has 0 aliphatic heterocycles. The van der Waals surface area contributed by atoms with Crippen LogP contribution in [0.4, 0.5) is 15.0 Å². The molecule has 2 amide bonds. The number of aryl methyl sites for hydroxylation is 2. The van der Waals surface area contributed by atoms with Gasteiger partial charge in [0.1, 0.15) is 11.6 Å². The summed E-state index contributed by atoms with van der Waals surface area (Å²) in [6.07, 6.45) is 0.331. The minimum Gasteiger partial charge on any atom is -0.469 e. The van der Waals surface area contributed by atoms with Gasteiger partial charge in [0.25, 0.3) is 0 Å². The van der Waals surface area contributed by atoms with Gasteiger partial charge in [-0.1, -0.05) is 12.1 Å². The van der Waals surface area contributed by atoms with Gasteiger partial charge >= 0.3 is 12.0 Å². The van der Waals surface area contributed by atoms with Crippen molar-refractivity contribution < 1.29 is 18.7 Å². The van der Waals surface area contributed by atoms with Gasteiger partial charge in [-0.25, -0.2) is 9.18 Å². The largest absolute Gasteiger partial charge is 0.469 e.